The molecule has 5 nitrogen and oxygen atoms in total. The smallest absolute Gasteiger partial charge is 0.233 e. The molecule has 2 aromatic heterocycles. The number of hydrogen-bond acceptors (Lipinski definition) is 4. The summed E-state index contributed by atoms with van der Waals surface area (Å²) in [5.74, 6) is 0.201. The van der Waals surface area contributed by atoms with Gasteiger partial charge >= 0.3 is 0 Å². The largest absolute Gasteiger partial charge is 0.342 e. The highest BCUT2D eigenvalue weighted by atomic mass is 32.1. The van der Waals surface area contributed by atoms with Crippen LogP contribution >= 0.6 is 11.3 Å². The zero-order valence-electron chi connectivity index (χ0n) is 15.1. The summed E-state index contributed by atoms with van der Waals surface area (Å²) in [7, 11) is 2.02. The summed E-state index contributed by atoms with van der Waals surface area (Å²) in [5, 5.41) is 2.15. The minimum absolute atomic E-state index is 0.0883. The zero-order chi connectivity index (χ0) is 17.4. The quantitative estimate of drug-likeness (QED) is 0.847. The lowest BCUT2D eigenvalue weighted by molar-refractivity contribution is -0.134. The number of piperidine rings is 1. The number of thiophene rings is 1. The first-order chi connectivity index (χ1) is 12.1. The van der Waals surface area contributed by atoms with Gasteiger partial charge in [-0.2, -0.15) is 0 Å². The Morgan fingerprint density at radius 3 is 2.84 bits per heavy atom. The number of amides is 1. The zero-order valence-corrected chi connectivity index (χ0v) is 15.9. The molecule has 6 heteroatoms. The van der Waals surface area contributed by atoms with E-state index >= 15 is 0 Å². The van der Waals surface area contributed by atoms with Gasteiger partial charge in [-0.1, -0.05) is 0 Å². The van der Waals surface area contributed by atoms with Crippen molar-refractivity contribution in [2.75, 3.05) is 19.6 Å². The van der Waals surface area contributed by atoms with Gasteiger partial charge in [0.2, 0.25) is 5.91 Å². The third-order valence-electron chi connectivity index (χ3n) is 5.51. The van der Waals surface area contributed by atoms with Gasteiger partial charge in [0.25, 0.3) is 0 Å². The van der Waals surface area contributed by atoms with Gasteiger partial charge in [-0.15, -0.1) is 11.3 Å². The summed E-state index contributed by atoms with van der Waals surface area (Å²) in [4.78, 5) is 23.7. The molecule has 25 heavy (non-hydrogen) atoms. The number of rotatable bonds is 3. The van der Waals surface area contributed by atoms with Crippen molar-refractivity contribution in [2.24, 2.45) is 7.05 Å². The fraction of sp³-hybridized carbons (Fsp3) is 0.579. The fourth-order valence-corrected chi connectivity index (χ4v) is 5.04. The molecular weight excluding hydrogens is 332 g/mol. The monoisotopic (exact) mass is 358 g/mol. The van der Waals surface area contributed by atoms with Crippen molar-refractivity contribution in [1.82, 2.24) is 19.4 Å². The summed E-state index contributed by atoms with van der Waals surface area (Å²) >= 11 is 1.80. The van der Waals surface area contributed by atoms with Crippen LogP contribution in [0.4, 0.5) is 0 Å². The normalized spacial score (nSPS) is 21.4. The van der Waals surface area contributed by atoms with Crippen molar-refractivity contribution in [2.45, 2.75) is 45.2 Å². The number of likely N-dealkylation sites (tertiary alicyclic amines) is 1. The number of hydrogen-bond donors (Lipinski definition) is 0. The van der Waals surface area contributed by atoms with E-state index in [-0.39, 0.29) is 11.8 Å². The van der Waals surface area contributed by atoms with Crippen LogP contribution < -0.4 is 0 Å². The summed E-state index contributed by atoms with van der Waals surface area (Å²) < 4.78 is 2.05. The molecule has 2 aromatic rings. The van der Waals surface area contributed by atoms with E-state index in [1.165, 1.54) is 16.9 Å². The highest BCUT2D eigenvalue weighted by Gasteiger charge is 2.36. The second-order valence-electron chi connectivity index (χ2n) is 7.32. The number of aromatic nitrogens is 2. The second kappa shape index (κ2) is 6.92. The summed E-state index contributed by atoms with van der Waals surface area (Å²) in [5.41, 5.74) is 3.53. The van der Waals surface area contributed by atoms with Crippen LogP contribution in [-0.2, 0) is 24.9 Å². The van der Waals surface area contributed by atoms with E-state index in [4.69, 9.17) is 0 Å². The van der Waals surface area contributed by atoms with Gasteiger partial charge in [-0.05, 0) is 43.2 Å². The molecule has 0 N–H and O–H groups in total. The molecule has 4 rings (SSSR count). The van der Waals surface area contributed by atoms with Gasteiger partial charge < -0.3 is 9.47 Å². The highest BCUT2D eigenvalue weighted by Crippen LogP contribution is 2.31. The third kappa shape index (κ3) is 3.25. The molecule has 1 saturated heterocycles. The van der Waals surface area contributed by atoms with E-state index in [2.05, 4.69) is 37.7 Å². The average molecular weight is 359 g/mol. The maximum Gasteiger partial charge on any atom is 0.233 e. The van der Waals surface area contributed by atoms with Crippen molar-refractivity contribution in [3.8, 4) is 0 Å². The topological polar surface area (TPSA) is 41.4 Å². The van der Waals surface area contributed by atoms with Crippen LogP contribution in [0.25, 0.3) is 0 Å². The number of fused-ring (bicyclic) bond motifs is 1. The van der Waals surface area contributed by atoms with Crippen LogP contribution in [0.5, 0.6) is 0 Å². The lowest BCUT2D eigenvalue weighted by Gasteiger charge is -2.36. The number of carbonyl (C=O) groups is 1. The van der Waals surface area contributed by atoms with Gasteiger partial charge in [0, 0.05) is 44.6 Å². The van der Waals surface area contributed by atoms with E-state index < -0.39 is 0 Å². The van der Waals surface area contributed by atoms with Gasteiger partial charge in [0.05, 0.1) is 23.6 Å². The molecule has 2 aliphatic heterocycles. The third-order valence-corrected chi connectivity index (χ3v) is 6.52. The average Bonchev–Trinajstić information content (AvgIpc) is 3.21. The van der Waals surface area contributed by atoms with Crippen molar-refractivity contribution < 1.29 is 4.79 Å². The fourth-order valence-electron chi connectivity index (χ4n) is 4.10. The molecular formula is C19H26N4OS. The lowest BCUT2D eigenvalue weighted by Crippen LogP contribution is -2.45. The second-order valence-corrected chi connectivity index (χ2v) is 8.32. The van der Waals surface area contributed by atoms with Gasteiger partial charge in [0.15, 0.2) is 0 Å². The molecule has 0 bridgehead atoms. The van der Waals surface area contributed by atoms with Crippen molar-refractivity contribution in [3.05, 3.63) is 39.6 Å². The van der Waals surface area contributed by atoms with Gasteiger partial charge in [-0.3, -0.25) is 9.69 Å². The molecule has 0 aromatic carbocycles. The highest BCUT2D eigenvalue weighted by molar-refractivity contribution is 7.10. The van der Waals surface area contributed by atoms with Crippen molar-refractivity contribution in [1.29, 1.82) is 0 Å². The maximum atomic E-state index is 13.2. The Hall–Kier alpha value is -1.66. The summed E-state index contributed by atoms with van der Waals surface area (Å²) in [6, 6.07) is 2.17. The van der Waals surface area contributed by atoms with E-state index in [1.54, 1.807) is 11.3 Å². The Balaban J connectivity index is 1.59. The lowest BCUT2D eigenvalue weighted by atomic mass is 9.95. The molecule has 1 fully saturated rings. The molecule has 0 aliphatic carbocycles. The van der Waals surface area contributed by atoms with E-state index in [0.29, 0.717) is 0 Å². The summed E-state index contributed by atoms with van der Waals surface area (Å²) in [6.45, 7) is 6.51. The minimum atomic E-state index is -0.0883. The predicted molar refractivity (Wildman–Crippen MR) is 99.6 cm³/mol. The van der Waals surface area contributed by atoms with Crippen molar-refractivity contribution >= 4 is 17.2 Å². The number of nitrogens with zero attached hydrogens (tertiary/aromatic N) is 4. The SMILES string of the molecule is Cc1ccsc1CN1Cc2ncn(C)c2[C@H](C(=O)N2CCCCC2)C1. The number of carbonyl (C=O) groups excluding carboxylic acids is 1. The van der Waals surface area contributed by atoms with Crippen LogP contribution in [0.1, 0.15) is 47.0 Å². The Morgan fingerprint density at radius 2 is 2.12 bits per heavy atom. The Labute approximate surface area is 153 Å². The Morgan fingerprint density at radius 1 is 1.32 bits per heavy atom. The molecule has 1 atom stereocenters. The molecule has 1 amide bonds. The molecule has 4 heterocycles. The van der Waals surface area contributed by atoms with E-state index in [9.17, 15) is 4.79 Å². The molecule has 0 spiro atoms. The van der Waals surface area contributed by atoms with Crippen LogP contribution in [0, 0.1) is 6.92 Å². The van der Waals surface area contributed by atoms with Crippen LogP contribution in [0.2, 0.25) is 0 Å². The van der Waals surface area contributed by atoms with Gasteiger partial charge in [0.1, 0.15) is 0 Å². The van der Waals surface area contributed by atoms with E-state index in [1.807, 2.05) is 13.4 Å². The molecule has 134 valence electrons. The molecule has 0 radical (unpaired) electrons. The Bertz CT molecular complexity index is 759. The van der Waals surface area contributed by atoms with Crippen LogP contribution in [0.3, 0.4) is 0 Å². The molecule has 0 unspecified atom stereocenters. The standard InChI is InChI=1S/C19H26N4OS/c1-14-6-9-25-17(14)12-22-10-15(18-16(11-22)20-13-21(18)2)19(24)23-7-4-3-5-8-23/h6,9,13,15H,3-5,7-8,10-12H2,1-2H3/t15-/m1/s1. The first-order valence-corrected chi connectivity index (χ1v) is 10.1. The summed E-state index contributed by atoms with van der Waals surface area (Å²) in [6.07, 6.45) is 5.37. The van der Waals surface area contributed by atoms with Crippen molar-refractivity contribution in [3.63, 3.8) is 0 Å². The number of imidazole rings is 1. The molecule has 2 aliphatic rings. The minimum Gasteiger partial charge on any atom is -0.342 e. The van der Waals surface area contributed by atoms with Crippen LogP contribution in [0.15, 0.2) is 17.8 Å². The Kier molecular flexibility index (Phi) is 4.65. The van der Waals surface area contributed by atoms with Gasteiger partial charge in [-0.25, -0.2) is 4.98 Å². The maximum absolute atomic E-state index is 13.2. The predicted octanol–water partition coefficient (Wildman–Crippen LogP) is 2.90. The molecule has 0 saturated carbocycles. The number of aryl methyl sites for hydroxylation is 2. The first kappa shape index (κ1) is 16.8. The van der Waals surface area contributed by atoms with E-state index in [0.717, 1.165) is 57.0 Å². The van der Waals surface area contributed by atoms with Crippen LogP contribution in [-0.4, -0.2) is 44.9 Å². The first-order valence-electron chi connectivity index (χ1n) is 9.17.